The molecule has 2 rings (SSSR count). The number of aryl methyl sites for hydroxylation is 1. The summed E-state index contributed by atoms with van der Waals surface area (Å²) in [7, 11) is 0. The lowest BCUT2D eigenvalue weighted by atomic mass is 10.3. The lowest BCUT2D eigenvalue weighted by Gasteiger charge is -1.96. The third-order valence-electron chi connectivity index (χ3n) is 2.09. The SMILES string of the molecule is C=CCc1nc(C)n2c(=O)[nH]c(N)nc12. The molecule has 0 fully saturated rings. The van der Waals surface area contributed by atoms with E-state index in [-0.39, 0.29) is 11.6 Å². The van der Waals surface area contributed by atoms with Crippen LogP contribution in [0.1, 0.15) is 11.5 Å². The Morgan fingerprint density at radius 3 is 3.00 bits per heavy atom. The number of fused-ring (bicyclic) bond motifs is 1. The van der Waals surface area contributed by atoms with E-state index in [1.807, 2.05) is 0 Å². The lowest BCUT2D eigenvalue weighted by Crippen LogP contribution is -2.20. The maximum absolute atomic E-state index is 11.6. The van der Waals surface area contributed by atoms with Crippen molar-refractivity contribution in [1.82, 2.24) is 19.4 Å². The predicted molar refractivity (Wildman–Crippen MR) is 56.7 cm³/mol. The molecule has 6 heteroatoms. The number of imidazole rings is 1. The van der Waals surface area contributed by atoms with Crippen LogP contribution in [0.4, 0.5) is 5.95 Å². The van der Waals surface area contributed by atoms with Gasteiger partial charge in [0, 0.05) is 6.42 Å². The van der Waals surface area contributed by atoms with E-state index in [0.29, 0.717) is 23.6 Å². The summed E-state index contributed by atoms with van der Waals surface area (Å²) in [5.41, 5.74) is 6.35. The van der Waals surface area contributed by atoms with Gasteiger partial charge in [0.15, 0.2) is 5.65 Å². The van der Waals surface area contributed by atoms with Gasteiger partial charge >= 0.3 is 5.69 Å². The predicted octanol–water partition coefficient (Wildman–Crippen LogP) is 0.0367. The van der Waals surface area contributed by atoms with Crippen molar-refractivity contribution >= 4 is 11.6 Å². The van der Waals surface area contributed by atoms with Crippen LogP contribution in [-0.2, 0) is 6.42 Å². The van der Waals surface area contributed by atoms with Gasteiger partial charge in [-0.15, -0.1) is 6.58 Å². The second kappa shape index (κ2) is 3.23. The number of aromatic nitrogens is 4. The molecule has 78 valence electrons. The molecule has 0 amide bonds. The van der Waals surface area contributed by atoms with E-state index in [0.717, 1.165) is 0 Å². The molecule has 0 aliphatic rings. The fourth-order valence-corrected chi connectivity index (χ4v) is 1.52. The van der Waals surface area contributed by atoms with E-state index in [2.05, 4.69) is 21.5 Å². The summed E-state index contributed by atoms with van der Waals surface area (Å²) in [5, 5.41) is 0. The van der Waals surface area contributed by atoms with Crippen LogP contribution in [0.15, 0.2) is 17.4 Å². The van der Waals surface area contributed by atoms with Crippen LogP contribution in [0.3, 0.4) is 0 Å². The Labute approximate surface area is 85.5 Å². The third kappa shape index (κ3) is 1.39. The molecule has 0 saturated carbocycles. The van der Waals surface area contributed by atoms with Crippen molar-refractivity contribution in [1.29, 1.82) is 0 Å². The highest BCUT2D eigenvalue weighted by Gasteiger charge is 2.11. The molecule has 2 heterocycles. The van der Waals surface area contributed by atoms with E-state index in [9.17, 15) is 4.79 Å². The number of nitrogens with two attached hydrogens (primary N) is 1. The largest absolute Gasteiger partial charge is 0.369 e. The van der Waals surface area contributed by atoms with Crippen molar-refractivity contribution in [2.45, 2.75) is 13.3 Å². The number of anilines is 1. The minimum Gasteiger partial charge on any atom is -0.369 e. The fraction of sp³-hybridized carbons (Fsp3) is 0.222. The zero-order valence-electron chi connectivity index (χ0n) is 8.32. The highest BCUT2D eigenvalue weighted by molar-refractivity contribution is 5.48. The summed E-state index contributed by atoms with van der Waals surface area (Å²) in [4.78, 5) is 22.3. The van der Waals surface area contributed by atoms with Crippen LogP contribution in [0.2, 0.25) is 0 Å². The first-order valence-electron chi connectivity index (χ1n) is 4.48. The number of aromatic amines is 1. The Kier molecular flexibility index (Phi) is 2.03. The minimum absolute atomic E-state index is 0.0951. The molecule has 0 aromatic carbocycles. The Hall–Kier alpha value is -2.11. The molecule has 0 bridgehead atoms. The summed E-state index contributed by atoms with van der Waals surface area (Å²) in [6.45, 7) is 5.37. The Balaban J connectivity index is 2.86. The van der Waals surface area contributed by atoms with Crippen molar-refractivity contribution in [2.24, 2.45) is 0 Å². The highest BCUT2D eigenvalue weighted by atomic mass is 16.1. The van der Waals surface area contributed by atoms with E-state index < -0.39 is 0 Å². The molecule has 2 aromatic rings. The number of hydrogen-bond acceptors (Lipinski definition) is 4. The number of hydrogen-bond donors (Lipinski definition) is 2. The van der Waals surface area contributed by atoms with E-state index in [1.54, 1.807) is 13.0 Å². The number of nitrogens with one attached hydrogen (secondary N) is 1. The molecule has 3 N–H and O–H groups in total. The van der Waals surface area contributed by atoms with Crippen molar-refractivity contribution in [3.63, 3.8) is 0 Å². The normalized spacial score (nSPS) is 10.7. The van der Waals surface area contributed by atoms with Gasteiger partial charge in [0.1, 0.15) is 5.82 Å². The van der Waals surface area contributed by atoms with Crippen LogP contribution in [0.5, 0.6) is 0 Å². The molecule has 0 unspecified atom stereocenters. The maximum Gasteiger partial charge on any atom is 0.335 e. The number of nitrogens with zero attached hydrogens (tertiary/aromatic N) is 3. The van der Waals surface area contributed by atoms with Crippen LogP contribution in [-0.4, -0.2) is 19.4 Å². The zero-order chi connectivity index (χ0) is 11.0. The summed E-state index contributed by atoms with van der Waals surface area (Å²) < 4.78 is 1.40. The van der Waals surface area contributed by atoms with Gasteiger partial charge in [-0.05, 0) is 6.92 Å². The van der Waals surface area contributed by atoms with Crippen molar-refractivity contribution < 1.29 is 0 Å². The van der Waals surface area contributed by atoms with Crippen LogP contribution < -0.4 is 11.4 Å². The van der Waals surface area contributed by atoms with Crippen molar-refractivity contribution in [3.8, 4) is 0 Å². The maximum atomic E-state index is 11.6. The molecule has 0 saturated heterocycles. The number of H-pyrrole nitrogens is 1. The molecule has 6 nitrogen and oxygen atoms in total. The smallest absolute Gasteiger partial charge is 0.335 e. The summed E-state index contributed by atoms with van der Waals surface area (Å²) in [6.07, 6.45) is 2.27. The van der Waals surface area contributed by atoms with E-state index in [4.69, 9.17) is 5.73 Å². The summed E-state index contributed by atoms with van der Waals surface area (Å²) in [5.74, 6) is 0.688. The quantitative estimate of drug-likeness (QED) is 0.677. The van der Waals surface area contributed by atoms with Crippen molar-refractivity contribution in [3.05, 3.63) is 34.7 Å². The number of allylic oxidation sites excluding steroid dienone is 1. The molecular weight excluding hydrogens is 194 g/mol. The average Bonchev–Trinajstić information content (AvgIpc) is 2.43. The minimum atomic E-state index is -0.321. The molecule has 15 heavy (non-hydrogen) atoms. The van der Waals surface area contributed by atoms with E-state index >= 15 is 0 Å². The third-order valence-corrected chi connectivity index (χ3v) is 2.09. The van der Waals surface area contributed by atoms with Crippen LogP contribution in [0, 0.1) is 6.92 Å². The Morgan fingerprint density at radius 1 is 1.60 bits per heavy atom. The van der Waals surface area contributed by atoms with Crippen LogP contribution >= 0.6 is 0 Å². The summed E-state index contributed by atoms with van der Waals surface area (Å²) >= 11 is 0. The van der Waals surface area contributed by atoms with Gasteiger partial charge in [0.25, 0.3) is 0 Å². The second-order valence-electron chi connectivity index (χ2n) is 3.18. The van der Waals surface area contributed by atoms with Gasteiger partial charge in [-0.25, -0.2) is 14.2 Å². The first-order chi connectivity index (χ1) is 7.13. The number of rotatable bonds is 2. The lowest BCUT2D eigenvalue weighted by molar-refractivity contribution is 0.916. The second-order valence-corrected chi connectivity index (χ2v) is 3.18. The van der Waals surface area contributed by atoms with Gasteiger partial charge in [-0.1, -0.05) is 6.08 Å². The molecule has 0 radical (unpaired) electrons. The first kappa shape index (κ1) is 9.45. The zero-order valence-corrected chi connectivity index (χ0v) is 8.32. The standard InChI is InChI=1S/C9H11N5O/c1-3-4-6-7-12-8(10)13-9(15)14(7)5(2)11-6/h3H,1,4H2,2H3,(H3,10,12,13,15). The number of nitrogen functional groups attached to an aromatic ring is 1. The van der Waals surface area contributed by atoms with Crippen molar-refractivity contribution in [2.75, 3.05) is 5.73 Å². The Bertz CT molecular complexity index is 580. The van der Waals surface area contributed by atoms with Gasteiger partial charge in [-0.2, -0.15) is 4.98 Å². The average molecular weight is 205 g/mol. The van der Waals surface area contributed by atoms with Crippen LogP contribution in [0.25, 0.3) is 5.65 Å². The topological polar surface area (TPSA) is 89.1 Å². The van der Waals surface area contributed by atoms with Gasteiger partial charge < -0.3 is 5.73 Å². The molecule has 0 aliphatic carbocycles. The molecule has 0 atom stereocenters. The molecular formula is C9H11N5O. The highest BCUT2D eigenvalue weighted by Crippen LogP contribution is 2.09. The Morgan fingerprint density at radius 2 is 2.33 bits per heavy atom. The molecule has 2 aromatic heterocycles. The summed E-state index contributed by atoms with van der Waals surface area (Å²) in [6, 6.07) is 0. The van der Waals surface area contributed by atoms with Gasteiger partial charge in [0.05, 0.1) is 5.69 Å². The molecule has 0 spiro atoms. The van der Waals surface area contributed by atoms with Gasteiger partial charge in [0.2, 0.25) is 5.95 Å². The monoisotopic (exact) mass is 205 g/mol. The van der Waals surface area contributed by atoms with E-state index in [1.165, 1.54) is 4.40 Å². The first-order valence-corrected chi connectivity index (χ1v) is 4.48. The fourth-order valence-electron chi connectivity index (χ4n) is 1.52. The van der Waals surface area contributed by atoms with Gasteiger partial charge in [-0.3, -0.25) is 4.98 Å². The molecule has 0 aliphatic heterocycles.